The van der Waals surface area contributed by atoms with Gasteiger partial charge in [0.25, 0.3) is 5.91 Å². The highest BCUT2D eigenvalue weighted by molar-refractivity contribution is 14.1. The first-order chi connectivity index (χ1) is 13.0. The molecule has 6 nitrogen and oxygen atoms in total. The number of halogens is 1. The zero-order valence-corrected chi connectivity index (χ0v) is 17.4. The van der Waals surface area contributed by atoms with Gasteiger partial charge < -0.3 is 19.7 Å². The smallest absolute Gasteiger partial charge is 0.252 e. The highest BCUT2D eigenvalue weighted by Crippen LogP contribution is 2.33. The lowest BCUT2D eigenvalue weighted by atomic mass is 9.98. The third-order valence-corrected chi connectivity index (χ3v) is 5.53. The summed E-state index contributed by atoms with van der Waals surface area (Å²) in [5.74, 6) is 1.00. The Balaban J connectivity index is 1.64. The predicted molar refractivity (Wildman–Crippen MR) is 110 cm³/mol. The maximum Gasteiger partial charge on any atom is 0.252 e. The first-order valence-corrected chi connectivity index (χ1v) is 9.65. The Kier molecular flexibility index (Phi) is 6.20. The summed E-state index contributed by atoms with van der Waals surface area (Å²) in [7, 11) is 3.20. The minimum atomic E-state index is -0.239. The topological polar surface area (TPSA) is 67.9 Å². The number of nitrogens with zero attached hydrogens (tertiary/aromatic N) is 1. The number of methoxy groups -OCH3 is 2. The highest BCUT2D eigenvalue weighted by atomic mass is 127. The Labute approximate surface area is 172 Å². The quantitative estimate of drug-likeness (QED) is 0.669. The molecule has 0 aliphatic carbocycles. The molecule has 0 bridgehead atoms. The Morgan fingerprint density at radius 3 is 2.44 bits per heavy atom. The van der Waals surface area contributed by atoms with E-state index in [-0.39, 0.29) is 18.4 Å². The predicted octanol–water partition coefficient (Wildman–Crippen LogP) is 2.62. The number of amides is 2. The van der Waals surface area contributed by atoms with Gasteiger partial charge in [0.1, 0.15) is 0 Å². The summed E-state index contributed by atoms with van der Waals surface area (Å²) < 4.78 is 11.5. The SMILES string of the molecule is COc1cc2c(cc1OC)CN(C(=O)CNC(=O)c1ccccc1I)CC2. The van der Waals surface area contributed by atoms with Crippen LogP contribution in [0.2, 0.25) is 0 Å². The fourth-order valence-corrected chi connectivity index (χ4v) is 3.74. The molecular weight excluding hydrogens is 459 g/mol. The molecule has 2 amide bonds. The van der Waals surface area contributed by atoms with Gasteiger partial charge >= 0.3 is 0 Å². The first kappa shape index (κ1) is 19.5. The molecule has 3 rings (SSSR count). The summed E-state index contributed by atoms with van der Waals surface area (Å²) in [4.78, 5) is 26.6. The minimum absolute atomic E-state index is 0.0214. The lowest BCUT2D eigenvalue weighted by molar-refractivity contribution is -0.131. The molecule has 27 heavy (non-hydrogen) atoms. The van der Waals surface area contributed by atoms with Crippen molar-refractivity contribution < 1.29 is 19.1 Å². The van der Waals surface area contributed by atoms with E-state index in [0.29, 0.717) is 30.2 Å². The molecule has 1 aliphatic heterocycles. The van der Waals surface area contributed by atoms with Crippen molar-refractivity contribution in [1.82, 2.24) is 10.2 Å². The number of benzene rings is 2. The molecule has 0 aromatic heterocycles. The van der Waals surface area contributed by atoms with Crippen molar-refractivity contribution in [2.75, 3.05) is 27.3 Å². The van der Waals surface area contributed by atoms with Crippen LogP contribution in [-0.4, -0.2) is 44.0 Å². The Bertz CT molecular complexity index is 869. The lowest BCUT2D eigenvalue weighted by Gasteiger charge is -2.29. The van der Waals surface area contributed by atoms with Gasteiger partial charge in [-0.25, -0.2) is 0 Å². The number of nitrogens with one attached hydrogen (secondary N) is 1. The molecule has 1 N–H and O–H groups in total. The van der Waals surface area contributed by atoms with Crippen LogP contribution in [0.4, 0.5) is 0 Å². The van der Waals surface area contributed by atoms with E-state index in [1.165, 1.54) is 0 Å². The minimum Gasteiger partial charge on any atom is -0.493 e. The fraction of sp³-hybridized carbons (Fsp3) is 0.300. The van der Waals surface area contributed by atoms with Gasteiger partial charge in [-0.2, -0.15) is 0 Å². The van der Waals surface area contributed by atoms with Crippen LogP contribution in [0.1, 0.15) is 21.5 Å². The molecule has 0 atom stereocenters. The van der Waals surface area contributed by atoms with Crippen LogP contribution in [0.15, 0.2) is 36.4 Å². The number of hydrogen-bond donors (Lipinski definition) is 1. The van der Waals surface area contributed by atoms with E-state index in [1.54, 1.807) is 25.2 Å². The van der Waals surface area contributed by atoms with Gasteiger partial charge in [-0.1, -0.05) is 12.1 Å². The second-order valence-electron chi connectivity index (χ2n) is 6.20. The number of carbonyl (C=O) groups is 2. The van der Waals surface area contributed by atoms with Gasteiger partial charge in [-0.05, 0) is 64.4 Å². The summed E-state index contributed by atoms with van der Waals surface area (Å²) in [6, 6.07) is 11.2. The molecule has 1 heterocycles. The first-order valence-electron chi connectivity index (χ1n) is 8.57. The Morgan fingerprint density at radius 1 is 1.11 bits per heavy atom. The molecule has 7 heteroatoms. The van der Waals surface area contributed by atoms with E-state index in [1.807, 2.05) is 30.3 Å². The number of rotatable bonds is 5. The number of hydrogen-bond acceptors (Lipinski definition) is 4. The van der Waals surface area contributed by atoms with E-state index in [2.05, 4.69) is 27.9 Å². The van der Waals surface area contributed by atoms with Crippen LogP contribution in [0.3, 0.4) is 0 Å². The molecule has 2 aromatic rings. The summed E-state index contributed by atoms with van der Waals surface area (Å²) >= 11 is 2.11. The maximum absolute atomic E-state index is 12.6. The van der Waals surface area contributed by atoms with Gasteiger partial charge in [-0.3, -0.25) is 9.59 Å². The molecule has 0 fully saturated rings. The van der Waals surface area contributed by atoms with Crippen LogP contribution >= 0.6 is 22.6 Å². The number of fused-ring (bicyclic) bond motifs is 1. The Morgan fingerprint density at radius 2 is 1.78 bits per heavy atom. The van der Waals surface area contributed by atoms with E-state index in [4.69, 9.17) is 9.47 Å². The van der Waals surface area contributed by atoms with E-state index in [0.717, 1.165) is 21.1 Å². The second kappa shape index (κ2) is 8.60. The van der Waals surface area contributed by atoms with Crippen LogP contribution in [0.25, 0.3) is 0 Å². The van der Waals surface area contributed by atoms with Crippen molar-refractivity contribution in [3.8, 4) is 11.5 Å². The molecule has 0 spiro atoms. The maximum atomic E-state index is 12.6. The number of ether oxygens (including phenoxy) is 2. The molecule has 142 valence electrons. The van der Waals surface area contributed by atoms with Crippen LogP contribution in [0.5, 0.6) is 11.5 Å². The third-order valence-electron chi connectivity index (χ3n) is 4.59. The lowest BCUT2D eigenvalue weighted by Crippen LogP contribution is -2.42. The van der Waals surface area contributed by atoms with Crippen molar-refractivity contribution in [2.45, 2.75) is 13.0 Å². The zero-order valence-electron chi connectivity index (χ0n) is 15.3. The van der Waals surface area contributed by atoms with Crippen molar-refractivity contribution >= 4 is 34.4 Å². The van der Waals surface area contributed by atoms with Gasteiger partial charge in [-0.15, -0.1) is 0 Å². The molecule has 0 unspecified atom stereocenters. The third kappa shape index (κ3) is 4.35. The van der Waals surface area contributed by atoms with Crippen molar-refractivity contribution in [2.24, 2.45) is 0 Å². The van der Waals surface area contributed by atoms with Gasteiger partial charge in [0.15, 0.2) is 11.5 Å². The molecule has 2 aromatic carbocycles. The highest BCUT2D eigenvalue weighted by Gasteiger charge is 2.23. The summed E-state index contributed by atoms with van der Waals surface area (Å²) in [5.41, 5.74) is 2.77. The average molecular weight is 480 g/mol. The molecule has 0 saturated carbocycles. The molecular formula is C20H21IN2O4. The second-order valence-corrected chi connectivity index (χ2v) is 7.37. The zero-order chi connectivity index (χ0) is 19.4. The van der Waals surface area contributed by atoms with Crippen LogP contribution < -0.4 is 14.8 Å². The fourth-order valence-electron chi connectivity index (χ4n) is 3.10. The monoisotopic (exact) mass is 480 g/mol. The van der Waals surface area contributed by atoms with Crippen molar-refractivity contribution in [3.63, 3.8) is 0 Å². The van der Waals surface area contributed by atoms with E-state index < -0.39 is 0 Å². The van der Waals surface area contributed by atoms with Crippen LogP contribution in [-0.2, 0) is 17.8 Å². The summed E-state index contributed by atoms with van der Waals surface area (Å²) in [6.07, 6.45) is 0.742. The normalized spacial score (nSPS) is 12.9. The van der Waals surface area contributed by atoms with Crippen molar-refractivity contribution in [1.29, 1.82) is 0 Å². The largest absolute Gasteiger partial charge is 0.493 e. The summed E-state index contributed by atoms with van der Waals surface area (Å²) in [6.45, 7) is 1.08. The van der Waals surface area contributed by atoms with E-state index >= 15 is 0 Å². The van der Waals surface area contributed by atoms with Gasteiger partial charge in [0, 0.05) is 16.7 Å². The molecule has 0 saturated heterocycles. The van der Waals surface area contributed by atoms with Crippen LogP contribution in [0, 0.1) is 3.57 Å². The van der Waals surface area contributed by atoms with E-state index in [9.17, 15) is 9.59 Å². The van der Waals surface area contributed by atoms with Gasteiger partial charge in [0.2, 0.25) is 5.91 Å². The number of carbonyl (C=O) groups excluding carboxylic acids is 2. The van der Waals surface area contributed by atoms with Crippen molar-refractivity contribution in [3.05, 3.63) is 56.7 Å². The summed E-state index contributed by atoms with van der Waals surface area (Å²) in [5, 5.41) is 2.72. The average Bonchev–Trinajstić information content (AvgIpc) is 2.70. The van der Waals surface area contributed by atoms with Gasteiger partial charge in [0.05, 0.1) is 26.3 Å². The molecule has 1 aliphatic rings. The Hall–Kier alpha value is -2.29. The molecule has 0 radical (unpaired) electrons. The standard InChI is InChI=1S/C20H21IN2O4/c1-26-17-9-13-7-8-23(12-14(13)10-18(17)27-2)19(24)11-22-20(25)15-5-3-4-6-16(15)21/h3-6,9-10H,7-8,11-12H2,1-2H3,(H,22,25).